The molecule has 1 saturated carbocycles. The van der Waals surface area contributed by atoms with Gasteiger partial charge in [0.15, 0.2) is 0 Å². The van der Waals surface area contributed by atoms with Gasteiger partial charge in [-0.1, -0.05) is 23.2 Å². The number of hydrogen-bond acceptors (Lipinski definition) is 2. The number of carboxylic acid groups (broad SMARTS) is 2. The summed E-state index contributed by atoms with van der Waals surface area (Å²) in [5.74, 6) is -4.91. The fourth-order valence-corrected chi connectivity index (χ4v) is 1.69. The topological polar surface area (TPSA) is 74.6 Å². The third-order valence-electron chi connectivity index (χ3n) is 1.59. The van der Waals surface area contributed by atoms with Crippen LogP contribution in [0.1, 0.15) is 0 Å². The maximum atomic E-state index is 10.3. The molecule has 2 N–H and O–H groups in total. The van der Waals surface area contributed by atoms with E-state index < -0.39 is 28.1 Å². The van der Waals surface area contributed by atoms with Crippen LogP contribution < -0.4 is 0 Å². The third kappa shape index (κ3) is 1.16. The summed E-state index contributed by atoms with van der Waals surface area (Å²) in [6.07, 6.45) is 0. The molecular weight excluding hydrogens is 195 g/mol. The smallest absolute Gasteiger partial charge is 0.310 e. The Morgan fingerprint density at radius 3 is 1.45 bits per heavy atom. The molecule has 62 valence electrons. The Balaban J connectivity index is 2.76. The molecule has 1 aliphatic rings. The predicted octanol–water partition coefficient (Wildman–Crippen LogP) is 0.576. The zero-order chi connectivity index (χ0) is 8.81. The van der Waals surface area contributed by atoms with Crippen molar-refractivity contribution in [3.05, 3.63) is 0 Å². The van der Waals surface area contributed by atoms with E-state index in [-0.39, 0.29) is 0 Å². The van der Waals surface area contributed by atoms with E-state index in [9.17, 15) is 9.59 Å². The van der Waals surface area contributed by atoms with Crippen LogP contribution in [0.2, 0.25) is 0 Å². The molecule has 2 atom stereocenters. The Hall–Kier alpha value is -0.480. The van der Waals surface area contributed by atoms with E-state index in [1.54, 1.807) is 0 Å². The molecule has 1 fully saturated rings. The van der Waals surface area contributed by atoms with Gasteiger partial charge in [0.1, 0.15) is 16.2 Å². The predicted molar refractivity (Wildman–Crippen MR) is 36.7 cm³/mol. The number of halogens is 2. The maximum Gasteiger partial charge on any atom is 0.310 e. The quantitative estimate of drug-likeness (QED) is 0.637. The van der Waals surface area contributed by atoms with Gasteiger partial charge in [-0.05, 0) is 0 Å². The van der Waals surface area contributed by atoms with Crippen molar-refractivity contribution in [2.45, 2.75) is 4.33 Å². The van der Waals surface area contributed by atoms with Gasteiger partial charge >= 0.3 is 11.9 Å². The molecule has 1 rings (SSSR count). The molecule has 11 heavy (non-hydrogen) atoms. The van der Waals surface area contributed by atoms with Gasteiger partial charge in [0.2, 0.25) is 0 Å². The van der Waals surface area contributed by atoms with Crippen LogP contribution >= 0.6 is 23.2 Å². The third-order valence-corrected chi connectivity index (χ3v) is 2.53. The van der Waals surface area contributed by atoms with Crippen molar-refractivity contribution >= 4 is 35.1 Å². The van der Waals surface area contributed by atoms with Crippen molar-refractivity contribution in [1.29, 1.82) is 0 Å². The first kappa shape index (κ1) is 8.62. The summed E-state index contributed by atoms with van der Waals surface area (Å²) in [5.41, 5.74) is 0. The van der Waals surface area contributed by atoms with Crippen LogP contribution in [0.4, 0.5) is 0 Å². The fourth-order valence-electron chi connectivity index (χ4n) is 0.941. The first-order chi connectivity index (χ1) is 4.89. The van der Waals surface area contributed by atoms with Crippen molar-refractivity contribution in [2.24, 2.45) is 11.8 Å². The molecule has 0 saturated heterocycles. The summed E-state index contributed by atoms with van der Waals surface area (Å²) in [5, 5.41) is 16.8. The Morgan fingerprint density at radius 2 is 1.36 bits per heavy atom. The molecule has 1 aliphatic carbocycles. The maximum absolute atomic E-state index is 10.3. The number of aliphatic carboxylic acids is 2. The van der Waals surface area contributed by atoms with E-state index in [2.05, 4.69) is 0 Å². The van der Waals surface area contributed by atoms with Crippen LogP contribution in [0.5, 0.6) is 0 Å². The first-order valence-corrected chi connectivity index (χ1v) is 3.48. The summed E-state index contributed by atoms with van der Waals surface area (Å²) in [4.78, 5) is 20.5. The number of rotatable bonds is 2. The second kappa shape index (κ2) is 2.25. The van der Waals surface area contributed by atoms with Crippen molar-refractivity contribution in [3.63, 3.8) is 0 Å². The number of hydrogen-bond donors (Lipinski definition) is 2. The minimum Gasteiger partial charge on any atom is -0.481 e. The van der Waals surface area contributed by atoms with Gasteiger partial charge in [0.25, 0.3) is 0 Å². The highest BCUT2D eigenvalue weighted by molar-refractivity contribution is 6.54. The van der Waals surface area contributed by atoms with Gasteiger partial charge in [-0.2, -0.15) is 0 Å². The molecule has 0 heterocycles. The van der Waals surface area contributed by atoms with E-state index >= 15 is 0 Å². The van der Waals surface area contributed by atoms with Crippen molar-refractivity contribution < 1.29 is 19.8 Å². The molecule has 0 aliphatic heterocycles. The summed E-state index contributed by atoms with van der Waals surface area (Å²) in [6, 6.07) is 0. The summed E-state index contributed by atoms with van der Waals surface area (Å²) in [6.45, 7) is 0. The van der Waals surface area contributed by atoms with Gasteiger partial charge in [-0.3, -0.25) is 9.59 Å². The normalized spacial score (nSPS) is 32.9. The van der Waals surface area contributed by atoms with Crippen LogP contribution in [0.25, 0.3) is 0 Å². The highest BCUT2D eigenvalue weighted by Crippen LogP contribution is 2.59. The van der Waals surface area contributed by atoms with E-state index in [1.165, 1.54) is 0 Å². The van der Waals surface area contributed by atoms with Gasteiger partial charge in [0, 0.05) is 0 Å². The average Bonchev–Trinajstić information content (AvgIpc) is 2.33. The van der Waals surface area contributed by atoms with Gasteiger partial charge in [-0.25, -0.2) is 0 Å². The summed E-state index contributed by atoms with van der Waals surface area (Å²) in [7, 11) is 0. The lowest BCUT2D eigenvalue weighted by molar-refractivity contribution is -0.144. The largest absolute Gasteiger partial charge is 0.481 e. The van der Waals surface area contributed by atoms with Gasteiger partial charge < -0.3 is 10.2 Å². The molecule has 0 amide bonds. The SMILES string of the molecule is O=C(O)[C@@H]1[C@H](C(=O)O)C1(Cl)Cl. The first-order valence-electron chi connectivity index (χ1n) is 2.72. The fraction of sp³-hybridized carbons (Fsp3) is 0.600. The molecule has 0 radical (unpaired) electrons. The van der Waals surface area contributed by atoms with Crippen LogP contribution in [0, 0.1) is 11.8 Å². The highest BCUT2D eigenvalue weighted by atomic mass is 35.5. The van der Waals surface area contributed by atoms with E-state index in [0.29, 0.717) is 0 Å². The number of carbonyl (C=O) groups is 2. The van der Waals surface area contributed by atoms with Crippen LogP contribution in [-0.4, -0.2) is 26.5 Å². The Labute approximate surface area is 71.7 Å². The molecule has 6 heteroatoms. The van der Waals surface area contributed by atoms with Crippen LogP contribution in [-0.2, 0) is 9.59 Å². The zero-order valence-electron chi connectivity index (χ0n) is 5.12. The average molecular weight is 199 g/mol. The second-order valence-electron chi connectivity index (χ2n) is 2.31. The summed E-state index contributed by atoms with van der Waals surface area (Å²) < 4.78 is -1.63. The Morgan fingerprint density at radius 1 is 1.09 bits per heavy atom. The van der Waals surface area contributed by atoms with Crippen LogP contribution in [0.3, 0.4) is 0 Å². The molecule has 0 aromatic heterocycles. The zero-order valence-corrected chi connectivity index (χ0v) is 6.63. The lowest BCUT2D eigenvalue weighted by Gasteiger charge is -1.89. The number of carboxylic acids is 2. The van der Waals surface area contributed by atoms with E-state index in [0.717, 1.165) is 0 Å². The number of alkyl halides is 2. The van der Waals surface area contributed by atoms with Crippen molar-refractivity contribution in [1.82, 2.24) is 0 Å². The van der Waals surface area contributed by atoms with E-state index in [1.807, 2.05) is 0 Å². The minimum absolute atomic E-state index is 1.18. The lowest BCUT2D eigenvalue weighted by Crippen LogP contribution is -2.05. The van der Waals surface area contributed by atoms with Gasteiger partial charge in [-0.15, -0.1) is 0 Å². The molecule has 4 nitrogen and oxygen atoms in total. The van der Waals surface area contributed by atoms with Crippen molar-refractivity contribution in [3.8, 4) is 0 Å². The standard InChI is InChI=1S/C5H4Cl2O4/c6-5(7)1(3(8)9)2(5)4(10)11/h1-2H,(H,8,9)(H,10,11)/t1-,2+. The molecule has 0 aromatic carbocycles. The highest BCUT2D eigenvalue weighted by Gasteiger charge is 2.71. The second-order valence-corrected chi connectivity index (χ2v) is 3.75. The lowest BCUT2D eigenvalue weighted by atomic mass is 10.3. The van der Waals surface area contributed by atoms with Crippen molar-refractivity contribution in [2.75, 3.05) is 0 Å². The summed E-state index contributed by atoms with van der Waals surface area (Å²) >= 11 is 10.7. The molecule has 0 unspecified atom stereocenters. The molecule has 0 bridgehead atoms. The molecule has 0 spiro atoms. The van der Waals surface area contributed by atoms with Gasteiger partial charge in [0.05, 0.1) is 0 Å². The van der Waals surface area contributed by atoms with E-state index in [4.69, 9.17) is 33.4 Å². The Bertz CT molecular complexity index is 203. The van der Waals surface area contributed by atoms with Crippen LogP contribution in [0.15, 0.2) is 0 Å². The molecular formula is C5H4Cl2O4. The monoisotopic (exact) mass is 198 g/mol. The Kier molecular flexibility index (Phi) is 1.76. The molecule has 0 aromatic rings. The minimum atomic E-state index is -1.63.